The third-order valence-corrected chi connectivity index (χ3v) is 3.87. The van der Waals surface area contributed by atoms with Crippen LogP contribution in [0.1, 0.15) is 12.0 Å². The average Bonchev–Trinajstić information content (AvgIpc) is 2.83. The minimum atomic E-state index is -3.62. The minimum absolute atomic E-state index is 0.0362. The van der Waals surface area contributed by atoms with Crippen LogP contribution in [0.25, 0.3) is 0 Å². The third kappa shape index (κ3) is 3.58. The van der Waals surface area contributed by atoms with Gasteiger partial charge in [0.1, 0.15) is 0 Å². The molecule has 1 aliphatic heterocycles. The summed E-state index contributed by atoms with van der Waals surface area (Å²) in [5, 5.41) is 8.46. The fourth-order valence-corrected chi connectivity index (χ4v) is 2.57. The molecule has 0 aliphatic carbocycles. The lowest BCUT2D eigenvalue weighted by molar-refractivity contribution is -0.136. The second-order valence-corrected chi connectivity index (χ2v) is 5.86. The summed E-state index contributed by atoms with van der Waals surface area (Å²) in [6.45, 7) is 0.145. The molecule has 2 N–H and O–H groups in total. The first-order valence-electron chi connectivity index (χ1n) is 5.54. The molecule has 1 aliphatic rings. The number of para-hydroxylation sites is 1. The highest BCUT2D eigenvalue weighted by atomic mass is 32.2. The first kappa shape index (κ1) is 13.6. The van der Waals surface area contributed by atoms with Crippen molar-refractivity contribution in [2.45, 2.75) is 13.0 Å². The molecule has 0 aromatic heterocycles. The number of ether oxygens (including phenoxy) is 2. The second-order valence-electron chi connectivity index (χ2n) is 3.93. The highest BCUT2D eigenvalue weighted by Gasteiger charge is 2.19. The van der Waals surface area contributed by atoms with Crippen molar-refractivity contribution in [2.24, 2.45) is 0 Å². The number of sulfonamides is 1. The van der Waals surface area contributed by atoms with E-state index in [1.807, 2.05) is 0 Å². The molecule has 0 spiro atoms. The molecule has 19 heavy (non-hydrogen) atoms. The molecular formula is C11H13NO6S. The van der Waals surface area contributed by atoms with Gasteiger partial charge in [-0.05, 0) is 6.07 Å². The Morgan fingerprint density at radius 1 is 1.37 bits per heavy atom. The molecule has 0 atom stereocenters. The van der Waals surface area contributed by atoms with Gasteiger partial charge in [-0.15, -0.1) is 0 Å². The van der Waals surface area contributed by atoms with Gasteiger partial charge >= 0.3 is 5.97 Å². The normalized spacial score (nSPS) is 13.5. The molecule has 8 heteroatoms. The van der Waals surface area contributed by atoms with Crippen LogP contribution in [0.4, 0.5) is 0 Å². The SMILES string of the molecule is O=C(O)CCS(=O)(=O)NCc1cccc2c1OCO2. The van der Waals surface area contributed by atoms with Gasteiger partial charge in [-0.25, -0.2) is 13.1 Å². The Hall–Kier alpha value is -1.80. The van der Waals surface area contributed by atoms with Gasteiger partial charge in [-0.2, -0.15) is 0 Å². The summed E-state index contributed by atoms with van der Waals surface area (Å²) in [6, 6.07) is 5.17. The number of carbonyl (C=O) groups is 1. The molecule has 0 bridgehead atoms. The minimum Gasteiger partial charge on any atom is -0.481 e. The smallest absolute Gasteiger partial charge is 0.304 e. The zero-order valence-corrected chi connectivity index (χ0v) is 10.8. The van der Waals surface area contributed by atoms with E-state index in [0.717, 1.165) is 0 Å². The maximum Gasteiger partial charge on any atom is 0.304 e. The lowest BCUT2D eigenvalue weighted by atomic mass is 10.2. The molecule has 7 nitrogen and oxygen atoms in total. The van der Waals surface area contributed by atoms with E-state index in [1.165, 1.54) is 0 Å². The van der Waals surface area contributed by atoms with E-state index >= 15 is 0 Å². The topological polar surface area (TPSA) is 102 Å². The van der Waals surface area contributed by atoms with Crippen LogP contribution in [-0.2, 0) is 21.4 Å². The Balaban J connectivity index is 1.99. The Morgan fingerprint density at radius 3 is 2.89 bits per heavy atom. The summed E-state index contributed by atoms with van der Waals surface area (Å²) in [4.78, 5) is 10.3. The van der Waals surface area contributed by atoms with E-state index in [1.54, 1.807) is 18.2 Å². The van der Waals surface area contributed by atoms with E-state index in [-0.39, 0.29) is 13.3 Å². The van der Waals surface area contributed by atoms with Gasteiger partial charge in [-0.3, -0.25) is 4.79 Å². The number of aliphatic carboxylic acids is 1. The molecule has 1 heterocycles. The molecule has 1 aromatic carbocycles. The number of benzene rings is 1. The Bertz CT molecular complexity index is 583. The number of hydrogen-bond donors (Lipinski definition) is 2. The maximum atomic E-state index is 11.6. The second kappa shape index (κ2) is 5.45. The molecule has 1 aromatic rings. The predicted octanol–water partition coefficient (Wildman–Crippen LogP) is 0.309. The van der Waals surface area contributed by atoms with Crippen LogP contribution in [0.3, 0.4) is 0 Å². The van der Waals surface area contributed by atoms with Crippen LogP contribution < -0.4 is 14.2 Å². The summed E-state index contributed by atoms with van der Waals surface area (Å²) < 4.78 is 35.9. The van der Waals surface area contributed by atoms with Crippen LogP contribution in [-0.4, -0.2) is 32.0 Å². The maximum absolute atomic E-state index is 11.6. The highest BCUT2D eigenvalue weighted by molar-refractivity contribution is 7.89. The predicted molar refractivity (Wildman–Crippen MR) is 65.4 cm³/mol. The number of rotatable bonds is 6. The average molecular weight is 287 g/mol. The van der Waals surface area contributed by atoms with Crippen LogP contribution in [0.15, 0.2) is 18.2 Å². The Labute approximate surface area is 110 Å². The lowest BCUT2D eigenvalue weighted by Crippen LogP contribution is -2.27. The van der Waals surface area contributed by atoms with Crippen LogP contribution in [0.5, 0.6) is 11.5 Å². The summed E-state index contributed by atoms with van der Waals surface area (Å²) >= 11 is 0. The van der Waals surface area contributed by atoms with Gasteiger partial charge in [0.15, 0.2) is 11.5 Å². The van der Waals surface area contributed by atoms with Crippen molar-refractivity contribution in [3.63, 3.8) is 0 Å². The Kier molecular flexibility index (Phi) is 3.91. The van der Waals surface area contributed by atoms with Gasteiger partial charge in [0.2, 0.25) is 16.8 Å². The van der Waals surface area contributed by atoms with E-state index in [4.69, 9.17) is 14.6 Å². The molecule has 0 amide bonds. The number of carboxylic acid groups (broad SMARTS) is 1. The first-order chi connectivity index (χ1) is 8.98. The van der Waals surface area contributed by atoms with E-state index in [9.17, 15) is 13.2 Å². The number of hydrogen-bond acceptors (Lipinski definition) is 5. The van der Waals surface area contributed by atoms with Crippen molar-refractivity contribution in [3.8, 4) is 11.5 Å². The standard InChI is InChI=1S/C11H13NO6S/c13-10(14)4-5-19(15,16)12-6-8-2-1-3-9-11(8)18-7-17-9/h1-3,12H,4-7H2,(H,13,14). The van der Waals surface area contributed by atoms with E-state index in [2.05, 4.69) is 4.72 Å². The van der Waals surface area contributed by atoms with Crippen molar-refractivity contribution < 1.29 is 27.8 Å². The van der Waals surface area contributed by atoms with Gasteiger partial charge in [0.05, 0.1) is 12.2 Å². The number of fused-ring (bicyclic) bond motifs is 1. The molecule has 2 rings (SSSR count). The van der Waals surface area contributed by atoms with Crippen molar-refractivity contribution in [3.05, 3.63) is 23.8 Å². The molecule has 0 saturated heterocycles. The number of nitrogens with one attached hydrogen (secondary N) is 1. The van der Waals surface area contributed by atoms with Crippen molar-refractivity contribution in [1.82, 2.24) is 4.72 Å². The first-order valence-corrected chi connectivity index (χ1v) is 7.20. The van der Waals surface area contributed by atoms with Crippen LogP contribution >= 0.6 is 0 Å². The highest BCUT2D eigenvalue weighted by Crippen LogP contribution is 2.35. The van der Waals surface area contributed by atoms with Crippen molar-refractivity contribution in [1.29, 1.82) is 0 Å². The molecule has 0 fully saturated rings. The third-order valence-electron chi connectivity index (χ3n) is 2.55. The molecule has 0 unspecified atom stereocenters. The molecule has 0 saturated carbocycles. The molecular weight excluding hydrogens is 274 g/mol. The summed E-state index contributed by atoms with van der Waals surface area (Å²) in [6.07, 6.45) is -0.429. The Morgan fingerprint density at radius 2 is 2.16 bits per heavy atom. The largest absolute Gasteiger partial charge is 0.481 e. The number of carboxylic acids is 1. The van der Waals surface area contributed by atoms with E-state index < -0.39 is 28.2 Å². The summed E-state index contributed by atoms with van der Waals surface area (Å²) in [7, 11) is -3.62. The quantitative estimate of drug-likeness (QED) is 0.780. The lowest BCUT2D eigenvalue weighted by Gasteiger charge is -2.08. The van der Waals surface area contributed by atoms with Gasteiger partial charge in [0, 0.05) is 12.1 Å². The van der Waals surface area contributed by atoms with Crippen LogP contribution in [0.2, 0.25) is 0 Å². The fourth-order valence-electron chi connectivity index (χ4n) is 1.61. The summed E-state index contributed by atoms with van der Waals surface area (Å²) in [5.74, 6) is -0.511. The van der Waals surface area contributed by atoms with Gasteiger partial charge < -0.3 is 14.6 Å². The monoisotopic (exact) mass is 287 g/mol. The van der Waals surface area contributed by atoms with Gasteiger partial charge in [0.25, 0.3) is 0 Å². The van der Waals surface area contributed by atoms with Crippen molar-refractivity contribution in [2.75, 3.05) is 12.5 Å². The zero-order valence-electron chi connectivity index (χ0n) is 9.96. The molecule has 104 valence electrons. The molecule has 0 radical (unpaired) electrons. The van der Waals surface area contributed by atoms with Gasteiger partial charge in [-0.1, -0.05) is 12.1 Å². The zero-order chi connectivity index (χ0) is 13.9. The summed E-state index contributed by atoms with van der Waals surface area (Å²) in [5.41, 5.74) is 0.647. The van der Waals surface area contributed by atoms with Crippen molar-refractivity contribution >= 4 is 16.0 Å². The van der Waals surface area contributed by atoms with Crippen LogP contribution in [0, 0.1) is 0 Å². The van der Waals surface area contributed by atoms with E-state index in [0.29, 0.717) is 17.1 Å². The fraction of sp³-hybridized carbons (Fsp3) is 0.364.